The third kappa shape index (κ3) is 3.68. The number of aromatic hydroxyl groups is 1. The molecular weight excluding hydrogens is 225 g/mol. The van der Waals surface area contributed by atoms with Gasteiger partial charge in [-0.2, -0.15) is 13.2 Å². The Bertz CT molecular complexity index is 404. The predicted molar refractivity (Wildman–Crippen MR) is 51.8 cm³/mol. The van der Waals surface area contributed by atoms with E-state index in [1.54, 1.807) is 0 Å². The number of nitrogens with one attached hydrogen (secondary N) is 1. The average molecular weight is 234 g/mol. The fraction of sp³-hybridized carbons (Fsp3) is 0.222. The second-order valence-electron chi connectivity index (χ2n) is 3.11. The molecule has 0 bridgehead atoms. The lowest BCUT2D eigenvalue weighted by atomic mass is 10.2. The van der Waals surface area contributed by atoms with Crippen LogP contribution in [0.2, 0.25) is 0 Å². The number of carbonyl (C=O) groups is 1. The SMILES string of the molecule is Nc1cc(O)ccc1NC(=O)CC(F)(F)F. The molecule has 0 aliphatic carbocycles. The number of nitrogen functional groups attached to an aromatic ring is 1. The summed E-state index contributed by atoms with van der Waals surface area (Å²) >= 11 is 0. The van der Waals surface area contributed by atoms with Gasteiger partial charge in [0, 0.05) is 6.07 Å². The first-order chi connectivity index (χ1) is 7.28. The minimum Gasteiger partial charge on any atom is -0.508 e. The summed E-state index contributed by atoms with van der Waals surface area (Å²) in [5, 5.41) is 11.0. The molecule has 1 amide bonds. The number of hydrogen-bond donors (Lipinski definition) is 3. The highest BCUT2D eigenvalue weighted by molar-refractivity contribution is 5.94. The van der Waals surface area contributed by atoms with Gasteiger partial charge in [-0.1, -0.05) is 0 Å². The molecule has 0 aliphatic rings. The molecule has 4 nitrogen and oxygen atoms in total. The van der Waals surface area contributed by atoms with E-state index in [0.29, 0.717) is 0 Å². The standard InChI is InChI=1S/C9H9F3N2O2/c10-9(11,12)4-8(16)14-7-2-1-5(15)3-6(7)13/h1-3,15H,4,13H2,(H,14,16). The number of anilines is 2. The molecule has 0 atom stereocenters. The predicted octanol–water partition coefficient (Wildman–Crippen LogP) is 1.87. The Morgan fingerprint density at radius 3 is 2.56 bits per heavy atom. The highest BCUT2D eigenvalue weighted by atomic mass is 19.4. The Hall–Kier alpha value is -1.92. The number of alkyl halides is 3. The number of amides is 1. The van der Waals surface area contributed by atoms with Crippen LogP contribution in [-0.2, 0) is 4.79 Å². The van der Waals surface area contributed by atoms with Crippen molar-refractivity contribution in [3.63, 3.8) is 0 Å². The number of phenols is 1. The van der Waals surface area contributed by atoms with Crippen LogP contribution >= 0.6 is 0 Å². The number of benzene rings is 1. The van der Waals surface area contributed by atoms with Gasteiger partial charge in [0.05, 0.1) is 11.4 Å². The molecule has 0 unspecified atom stereocenters. The molecule has 0 aromatic heterocycles. The molecule has 4 N–H and O–H groups in total. The van der Waals surface area contributed by atoms with Gasteiger partial charge in [0.25, 0.3) is 0 Å². The van der Waals surface area contributed by atoms with Crippen LogP contribution in [0, 0.1) is 0 Å². The highest BCUT2D eigenvalue weighted by Crippen LogP contribution is 2.25. The van der Waals surface area contributed by atoms with E-state index in [1.165, 1.54) is 12.1 Å². The monoisotopic (exact) mass is 234 g/mol. The van der Waals surface area contributed by atoms with Crippen molar-refractivity contribution in [2.75, 3.05) is 11.1 Å². The first-order valence-corrected chi connectivity index (χ1v) is 4.23. The van der Waals surface area contributed by atoms with Gasteiger partial charge in [-0.15, -0.1) is 0 Å². The van der Waals surface area contributed by atoms with E-state index in [0.717, 1.165) is 6.07 Å². The third-order valence-electron chi connectivity index (χ3n) is 1.67. The minimum absolute atomic E-state index is 0.00414. The lowest BCUT2D eigenvalue weighted by Gasteiger charge is -2.09. The smallest absolute Gasteiger partial charge is 0.397 e. The number of phenolic OH excluding ortho intramolecular Hbond substituents is 1. The molecule has 0 heterocycles. The Kier molecular flexibility index (Phi) is 3.26. The fourth-order valence-corrected chi connectivity index (χ4v) is 1.04. The van der Waals surface area contributed by atoms with Crippen LogP contribution in [0.1, 0.15) is 6.42 Å². The van der Waals surface area contributed by atoms with Crippen molar-refractivity contribution in [3.05, 3.63) is 18.2 Å². The number of nitrogens with two attached hydrogens (primary N) is 1. The van der Waals surface area contributed by atoms with E-state index < -0.39 is 18.5 Å². The van der Waals surface area contributed by atoms with E-state index in [-0.39, 0.29) is 17.1 Å². The van der Waals surface area contributed by atoms with Gasteiger partial charge in [0.1, 0.15) is 12.2 Å². The largest absolute Gasteiger partial charge is 0.508 e. The second kappa shape index (κ2) is 4.30. The summed E-state index contributed by atoms with van der Waals surface area (Å²) in [4.78, 5) is 10.9. The van der Waals surface area contributed by atoms with Gasteiger partial charge in [0.15, 0.2) is 0 Å². The van der Waals surface area contributed by atoms with E-state index in [9.17, 15) is 18.0 Å². The second-order valence-corrected chi connectivity index (χ2v) is 3.11. The molecule has 0 fully saturated rings. The zero-order chi connectivity index (χ0) is 12.3. The molecule has 0 saturated heterocycles. The molecule has 88 valence electrons. The van der Waals surface area contributed by atoms with Crippen molar-refractivity contribution in [2.45, 2.75) is 12.6 Å². The van der Waals surface area contributed by atoms with E-state index in [4.69, 9.17) is 10.8 Å². The summed E-state index contributed by atoms with van der Waals surface area (Å²) in [5.41, 5.74) is 5.41. The zero-order valence-electron chi connectivity index (χ0n) is 8.01. The first kappa shape index (κ1) is 12.2. The quantitative estimate of drug-likeness (QED) is 0.540. The van der Waals surface area contributed by atoms with Gasteiger partial charge < -0.3 is 16.2 Å². The molecule has 16 heavy (non-hydrogen) atoms. The van der Waals surface area contributed by atoms with Crippen LogP contribution in [0.4, 0.5) is 24.5 Å². The molecule has 1 aromatic carbocycles. The Morgan fingerprint density at radius 2 is 2.06 bits per heavy atom. The molecule has 1 rings (SSSR count). The molecule has 7 heteroatoms. The molecular formula is C9H9F3N2O2. The van der Waals surface area contributed by atoms with Crippen molar-refractivity contribution < 1.29 is 23.1 Å². The Labute approximate surface area is 88.9 Å². The molecule has 0 aliphatic heterocycles. The van der Waals surface area contributed by atoms with Crippen molar-refractivity contribution >= 4 is 17.3 Å². The summed E-state index contributed by atoms with van der Waals surface area (Å²) in [6.45, 7) is 0. The Balaban J connectivity index is 2.70. The van der Waals surface area contributed by atoms with E-state index >= 15 is 0 Å². The third-order valence-corrected chi connectivity index (χ3v) is 1.67. The molecule has 0 spiro atoms. The fourth-order valence-electron chi connectivity index (χ4n) is 1.04. The van der Waals surface area contributed by atoms with Crippen molar-refractivity contribution in [2.24, 2.45) is 0 Å². The van der Waals surface area contributed by atoms with Crippen LogP contribution in [0.3, 0.4) is 0 Å². The molecule has 0 saturated carbocycles. The van der Waals surface area contributed by atoms with Crippen molar-refractivity contribution in [1.82, 2.24) is 0 Å². The minimum atomic E-state index is -4.56. The van der Waals surface area contributed by atoms with Crippen LogP contribution in [0.5, 0.6) is 5.75 Å². The summed E-state index contributed by atoms with van der Waals surface area (Å²) in [5.74, 6) is -1.34. The topological polar surface area (TPSA) is 75.3 Å². The van der Waals surface area contributed by atoms with Gasteiger partial charge in [-0.25, -0.2) is 0 Å². The zero-order valence-corrected chi connectivity index (χ0v) is 8.01. The van der Waals surface area contributed by atoms with Crippen LogP contribution in [-0.4, -0.2) is 17.2 Å². The number of hydrogen-bond acceptors (Lipinski definition) is 3. The van der Waals surface area contributed by atoms with Gasteiger partial charge in [-0.3, -0.25) is 4.79 Å². The average Bonchev–Trinajstić information content (AvgIpc) is 2.06. The van der Waals surface area contributed by atoms with Gasteiger partial charge >= 0.3 is 6.18 Å². The maximum Gasteiger partial charge on any atom is 0.397 e. The van der Waals surface area contributed by atoms with Crippen LogP contribution in [0.15, 0.2) is 18.2 Å². The van der Waals surface area contributed by atoms with Crippen molar-refractivity contribution in [3.8, 4) is 5.75 Å². The summed E-state index contributed by atoms with van der Waals surface area (Å²) < 4.78 is 35.5. The highest BCUT2D eigenvalue weighted by Gasteiger charge is 2.31. The maximum absolute atomic E-state index is 11.8. The number of carbonyl (C=O) groups excluding carboxylic acids is 1. The van der Waals surface area contributed by atoms with E-state index in [2.05, 4.69) is 0 Å². The lowest BCUT2D eigenvalue weighted by Crippen LogP contribution is -2.21. The van der Waals surface area contributed by atoms with Crippen LogP contribution < -0.4 is 11.1 Å². The molecule has 1 aromatic rings. The number of rotatable bonds is 2. The summed E-state index contributed by atoms with van der Waals surface area (Å²) in [7, 11) is 0. The maximum atomic E-state index is 11.8. The normalized spacial score (nSPS) is 11.2. The first-order valence-electron chi connectivity index (χ1n) is 4.23. The van der Waals surface area contributed by atoms with Gasteiger partial charge in [0.2, 0.25) is 5.91 Å². The summed E-state index contributed by atoms with van der Waals surface area (Å²) in [6, 6.07) is 3.56. The number of halogens is 3. The Morgan fingerprint density at radius 1 is 1.44 bits per heavy atom. The summed E-state index contributed by atoms with van der Waals surface area (Å²) in [6.07, 6.45) is -6.14. The van der Waals surface area contributed by atoms with Crippen LogP contribution in [0.25, 0.3) is 0 Å². The van der Waals surface area contributed by atoms with Gasteiger partial charge in [-0.05, 0) is 12.1 Å². The lowest BCUT2D eigenvalue weighted by molar-refractivity contribution is -0.150. The van der Waals surface area contributed by atoms with Crippen molar-refractivity contribution in [1.29, 1.82) is 0 Å². The van der Waals surface area contributed by atoms with E-state index in [1.807, 2.05) is 5.32 Å². The molecule has 0 radical (unpaired) electrons.